The molecule has 0 radical (unpaired) electrons. The van der Waals surface area contributed by atoms with Gasteiger partial charge in [-0.05, 0) is 26.0 Å². The molecule has 24 heavy (non-hydrogen) atoms. The van der Waals surface area contributed by atoms with Crippen LogP contribution < -0.4 is 10.2 Å². The summed E-state index contributed by atoms with van der Waals surface area (Å²) < 4.78 is 5.80. The molecule has 0 aliphatic carbocycles. The van der Waals surface area contributed by atoms with Crippen molar-refractivity contribution in [2.24, 2.45) is 0 Å². The molecule has 2 heterocycles. The SMILES string of the molecule is CC1(C)CC(=O)c2c(cc(O)c3c(=O)c4cccc(O)c4[nH]c23)O1. The molecule has 6 heteroatoms. The number of pyridine rings is 1. The van der Waals surface area contributed by atoms with Crippen molar-refractivity contribution in [3.8, 4) is 17.2 Å². The molecule has 0 amide bonds. The molecule has 4 rings (SSSR count). The van der Waals surface area contributed by atoms with Crippen LogP contribution in [0.1, 0.15) is 30.6 Å². The van der Waals surface area contributed by atoms with Gasteiger partial charge in [0.1, 0.15) is 22.8 Å². The normalized spacial score (nSPS) is 16.2. The number of nitrogens with one attached hydrogen (secondary N) is 1. The lowest BCUT2D eigenvalue weighted by molar-refractivity contribution is 0.0622. The minimum absolute atomic E-state index is 0.0171. The van der Waals surface area contributed by atoms with Gasteiger partial charge in [0, 0.05) is 6.07 Å². The zero-order valence-corrected chi connectivity index (χ0v) is 13.1. The molecule has 0 spiro atoms. The van der Waals surface area contributed by atoms with Crippen LogP contribution in [-0.2, 0) is 0 Å². The second-order valence-corrected chi connectivity index (χ2v) is 6.63. The van der Waals surface area contributed by atoms with Crippen LogP contribution in [0.3, 0.4) is 0 Å². The fourth-order valence-electron chi connectivity index (χ4n) is 3.29. The summed E-state index contributed by atoms with van der Waals surface area (Å²) in [6, 6.07) is 5.85. The molecular weight excluding hydrogens is 310 g/mol. The summed E-state index contributed by atoms with van der Waals surface area (Å²) in [5.41, 5.74) is -0.509. The van der Waals surface area contributed by atoms with Crippen molar-refractivity contribution < 1.29 is 19.7 Å². The number of phenols is 2. The highest BCUT2D eigenvalue weighted by Gasteiger charge is 2.35. The number of hydrogen-bond donors (Lipinski definition) is 3. The Morgan fingerprint density at radius 2 is 1.88 bits per heavy atom. The van der Waals surface area contributed by atoms with Gasteiger partial charge in [0.2, 0.25) is 5.43 Å². The topological polar surface area (TPSA) is 99.6 Å². The van der Waals surface area contributed by atoms with Crippen LogP contribution in [0.2, 0.25) is 0 Å². The molecule has 1 aliphatic rings. The third-order valence-electron chi connectivity index (χ3n) is 4.29. The van der Waals surface area contributed by atoms with Gasteiger partial charge in [-0.15, -0.1) is 0 Å². The van der Waals surface area contributed by atoms with Crippen molar-refractivity contribution in [3.63, 3.8) is 0 Å². The third-order valence-corrected chi connectivity index (χ3v) is 4.29. The van der Waals surface area contributed by atoms with Crippen LogP contribution in [0.25, 0.3) is 21.8 Å². The molecule has 2 aromatic carbocycles. The largest absolute Gasteiger partial charge is 0.507 e. The van der Waals surface area contributed by atoms with Crippen LogP contribution >= 0.6 is 0 Å². The van der Waals surface area contributed by atoms with E-state index in [9.17, 15) is 19.8 Å². The Labute approximate surface area is 136 Å². The Hall–Kier alpha value is -3.02. The first-order chi connectivity index (χ1) is 11.3. The second kappa shape index (κ2) is 4.50. The van der Waals surface area contributed by atoms with Crippen LogP contribution in [0, 0.1) is 0 Å². The zero-order chi connectivity index (χ0) is 17.2. The number of aromatic hydroxyl groups is 2. The average Bonchev–Trinajstić information content (AvgIpc) is 2.46. The van der Waals surface area contributed by atoms with E-state index in [-0.39, 0.29) is 56.8 Å². The van der Waals surface area contributed by atoms with E-state index < -0.39 is 11.0 Å². The van der Waals surface area contributed by atoms with Gasteiger partial charge in [-0.25, -0.2) is 0 Å². The van der Waals surface area contributed by atoms with E-state index in [1.54, 1.807) is 26.0 Å². The molecule has 6 nitrogen and oxygen atoms in total. The smallest absolute Gasteiger partial charge is 0.201 e. The molecule has 0 unspecified atom stereocenters. The first kappa shape index (κ1) is 14.6. The van der Waals surface area contributed by atoms with Gasteiger partial charge in [0.05, 0.1) is 33.8 Å². The van der Waals surface area contributed by atoms with Crippen molar-refractivity contribution in [1.29, 1.82) is 0 Å². The number of hydrogen-bond acceptors (Lipinski definition) is 5. The molecule has 1 aromatic heterocycles. The predicted octanol–water partition coefficient (Wildman–Crippen LogP) is 2.84. The van der Waals surface area contributed by atoms with Gasteiger partial charge < -0.3 is 19.9 Å². The summed E-state index contributed by atoms with van der Waals surface area (Å²) >= 11 is 0. The number of H-pyrrole nitrogens is 1. The lowest BCUT2D eigenvalue weighted by Gasteiger charge is -2.32. The molecule has 0 saturated carbocycles. The highest BCUT2D eigenvalue weighted by Crippen LogP contribution is 2.40. The van der Waals surface area contributed by atoms with E-state index in [0.717, 1.165) is 0 Å². The standard InChI is InChI=1S/C18H15NO5/c1-18(2)7-11(22)13-12(24-18)6-10(21)14-16(13)19-15-8(17(14)23)4-3-5-9(15)20/h3-6,20-21H,7H2,1-2H3,(H,19,23). The number of ether oxygens (including phenoxy) is 1. The van der Waals surface area contributed by atoms with E-state index >= 15 is 0 Å². The summed E-state index contributed by atoms with van der Waals surface area (Å²) in [7, 11) is 0. The fourth-order valence-corrected chi connectivity index (χ4v) is 3.29. The number of ketones is 1. The lowest BCUT2D eigenvalue weighted by Crippen LogP contribution is -2.36. The fraction of sp³-hybridized carbons (Fsp3) is 0.222. The molecule has 0 saturated heterocycles. The first-order valence-corrected chi connectivity index (χ1v) is 7.54. The monoisotopic (exact) mass is 325 g/mol. The summed E-state index contributed by atoms with van der Waals surface area (Å²) in [5, 5.41) is 20.6. The third kappa shape index (κ3) is 1.89. The minimum atomic E-state index is -0.691. The Balaban J connectivity index is 2.22. The van der Waals surface area contributed by atoms with Crippen LogP contribution in [0.5, 0.6) is 17.2 Å². The molecule has 0 fully saturated rings. The maximum absolute atomic E-state index is 12.7. The lowest BCUT2D eigenvalue weighted by atomic mass is 9.91. The Bertz CT molecular complexity index is 1090. The molecule has 1 aliphatic heterocycles. The average molecular weight is 325 g/mol. The first-order valence-electron chi connectivity index (χ1n) is 7.54. The summed E-state index contributed by atoms with van der Waals surface area (Å²) in [5.74, 6) is -0.322. The number of Topliss-reactive ketones (excluding diaryl/α,β-unsaturated/α-hetero) is 1. The van der Waals surface area contributed by atoms with Crippen molar-refractivity contribution in [1.82, 2.24) is 4.98 Å². The van der Waals surface area contributed by atoms with Gasteiger partial charge >= 0.3 is 0 Å². The molecule has 0 atom stereocenters. The van der Waals surface area contributed by atoms with Crippen molar-refractivity contribution in [3.05, 3.63) is 40.1 Å². The Morgan fingerprint density at radius 3 is 2.62 bits per heavy atom. The number of phenolic OH excluding ortho intramolecular Hbond substituents is 2. The van der Waals surface area contributed by atoms with E-state index in [2.05, 4.69) is 4.98 Å². The van der Waals surface area contributed by atoms with Crippen LogP contribution in [0.15, 0.2) is 29.1 Å². The van der Waals surface area contributed by atoms with E-state index in [0.29, 0.717) is 0 Å². The molecular formula is C18H15NO5. The molecule has 3 aromatic rings. The molecule has 0 bridgehead atoms. The zero-order valence-electron chi connectivity index (χ0n) is 13.1. The van der Waals surface area contributed by atoms with Crippen molar-refractivity contribution >= 4 is 27.6 Å². The predicted molar refractivity (Wildman–Crippen MR) is 89.1 cm³/mol. The Morgan fingerprint density at radius 1 is 1.12 bits per heavy atom. The number of carbonyl (C=O) groups excluding carboxylic acids is 1. The summed E-state index contributed by atoms with van der Waals surface area (Å²) in [4.78, 5) is 28.3. The number of aromatic nitrogens is 1. The number of benzene rings is 2. The maximum atomic E-state index is 12.7. The number of para-hydroxylation sites is 1. The van der Waals surface area contributed by atoms with Crippen LogP contribution in [0.4, 0.5) is 0 Å². The molecule has 3 N–H and O–H groups in total. The maximum Gasteiger partial charge on any atom is 0.201 e. The second-order valence-electron chi connectivity index (χ2n) is 6.63. The Kier molecular flexibility index (Phi) is 2.73. The summed E-state index contributed by atoms with van der Waals surface area (Å²) in [6.07, 6.45) is 0.153. The van der Waals surface area contributed by atoms with Gasteiger partial charge in [-0.2, -0.15) is 0 Å². The molecule has 122 valence electrons. The summed E-state index contributed by atoms with van der Waals surface area (Å²) in [6.45, 7) is 3.56. The van der Waals surface area contributed by atoms with Gasteiger partial charge in [-0.3, -0.25) is 9.59 Å². The highest BCUT2D eigenvalue weighted by atomic mass is 16.5. The van der Waals surface area contributed by atoms with Crippen molar-refractivity contribution in [2.45, 2.75) is 25.9 Å². The number of carbonyl (C=O) groups is 1. The minimum Gasteiger partial charge on any atom is -0.507 e. The quantitative estimate of drug-likeness (QED) is 0.552. The van der Waals surface area contributed by atoms with E-state index in [1.807, 2.05) is 0 Å². The number of fused-ring (bicyclic) bond motifs is 4. The number of aromatic amines is 1. The van der Waals surface area contributed by atoms with Gasteiger partial charge in [-0.1, -0.05) is 6.07 Å². The van der Waals surface area contributed by atoms with E-state index in [1.165, 1.54) is 12.1 Å². The van der Waals surface area contributed by atoms with Crippen LogP contribution in [-0.4, -0.2) is 26.6 Å². The highest BCUT2D eigenvalue weighted by molar-refractivity contribution is 6.13. The van der Waals surface area contributed by atoms with E-state index in [4.69, 9.17) is 4.74 Å². The number of rotatable bonds is 0. The van der Waals surface area contributed by atoms with Crippen molar-refractivity contribution in [2.75, 3.05) is 0 Å². The van der Waals surface area contributed by atoms with Gasteiger partial charge in [0.25, 0.3) is 0 Å². The van der Waals surface area contributed by atoms with Gasteiger partial charge in [0.15, 0.2) is 5.78 Å².